The van der Waals surface area contributed by atoms with E-state index in [9.17, 15) is 0 Å². The van der Waals surface area contributed by atoms with Crippen LogP contribution in [0.1, 0.15) is 45.4 Å². The maximum Gasteiger partial charge on any atom is 0.0115 e. The Hall–Kier alpha value is -0.460. The van der Waals surface area contributed by atoms with E-state index < -0.39 is 0 Å². The lowest BCUT2D eigenvalue weighted by Gasteiger charge is -2.11. The average Bonchev–Trinajstić information content (AvgIpc) is 1.94. The van der Waals surface area contributed by atoms with Crippen LogP contribution >= 0.6 is 0 Å². The van der Waals surface area contributed by atoms with Crippen LogP contribution in [-0.4, -0.2) is 6.54 Å². The van der Waals surface area contributed by atoms with Crippen molar-refractivity contribution < 1.29 is 0 Å². The molecule has 0 aliphatic heterocycles. The number of rotatable bonds is 2. The van der Waals surface area contributed by atoms with Crippen LogP contribution in [0.5, 0.6) is 0 Å². The van der Waals surface area contributed by atoms with Gasteiger partial charge in [-0.3, -0.25) is 0 Å². The summed E-state index contributed by atoms with van der Waals surface area (Å²) in [6, 6.07) is 0. The molecule has 11 heavy (non-hydrogen) atoms. The van der Waals surface area contributed by atoms with Gasteiger partial charge in [0.15, 0.2) is 0 Å². The molecule has 0 spiro atoms. The number of nitrogens with one attached hydrogen (secondary N) is 1. The third-order valence-electron chi connectivity index (χ3n) is 2.19. The van der Waals surface area contributed by atoms with Crippen LogP contribution in [0.2, 0.25) is 0 Å². The molecule has 0 aromatic heterocycles. The highest BCUT2D eigenvalue weighted by Crippen LogP contribution is 2.14. The van der Waals surface area contributed by atoms with Gasteiger partial charge in [0, 0.05) is 12.2 Å². The molecule has 0 unspecified atom stereocenters. The molecule has 1 rings (SSSR count). The fourth-order valence-electron chi connectivity index (χ4n) is 1.58. The Morgan fingerprint density at radius 1 is 1.27 bits per heavy atom. The van der Waals surface area contributed by atoms with Crippen LogP contribution in [0.3, 0.4) is 0 Å². The van der Waals surface area contributed by atoms with E-state index in [2.05, 4.69) is 18.3 Å². The summed E-state index contributed by atoms with van der Waals surface area (Å²) in [6.45, 7) is 3.24. The summed E-state index contributed by atoms with van der Waals surface area (Å²) in [5.74, 6) is 0. The van der Waals surface area contributed by atoms with Crippen molar-refractivity contribution in [3.05, 3.63) is 11.8 Å². The Morgan fingerprint density at radius 3 is 2.91 bits per heavy atom. The molecule has 1 nitrogen and oxygen atoms in total. The van der Waals surface area contributed by atoms with Crippen molar-refractivity contribution >= 4 is 0 Å². The first-order valence-electron chi connectivity index (χ1n) is 4.86. The molecule has 1 aliphatic rings. The quantitative estimate of drug-likeness (QED) is 0.643. The van der Waals surface area contributed by atoms with Gasteiger partial charge >= 0.3 is 0 Å². The van der Waals surface area contributed by atoms with E-state index in [1.54, 1.807) is 0 Å². The van der Waals surface area contributed by atoms with Crippen molar-refractivity contribution in [1.82, 2.24) is 5.32 Å². The van der Waals surface area contributed by atoms with Crippen LogP contribution < -0.4 is 5.32 Å². The van der Waals surface area contributed by atoms with Gasteiger partial charge in [0.1, 0.15) is 0 Å². The molecule has 0 amide bonds. The lowest BCUT2D eigenvalue weighted by molar-refractivity contribution is 0.602. The van der Waals surface area contributed by atoms with Gasteiger partial charge in [-0.25, -0.2) is 0 Å². The third-order valence-corrected chi connectivity index (χ3v) is 2.19. The van der Waals surface area contributed by atoms with Crippen LogP contribution in [0, 0.1) is 0 Å². The third kappa shape index (κ3) is 3.45. The zero-order valence-electron chi connectivity index (χ0n) is 7.53. The molecular weight excluding hydrogens is 134 g/mol. The second-order valence-corrected chi connectivity index (χ2v) is 3.21. The standard InChI is InChI=1S/C10H19N/c1-2-11-10-8-6-4-3-5-7-9-10/h8,11H,2-7,9H2,1H3/b10-8+. The van der Waals surface area contributed by atoms with Gasteiger partial charge in [-0.15, -0.1) is 0 Å². The first-order valence-corrected chi connectivity index (χ1v) is 4.86. The van der Waals surface area contributed by atoms with Gasteiger partial charge in [-0.1, -0.05) is 18.9 Å². The maximum absolute atomic E-state index is 3.41. The molecule has 1 heteroatoms. The SMILES string of the molecule is CCN/C1=C/CCCCCC1. The highest BCUT2D eigenvalue weighted by molar-refractivity contribution is 4.99. The molecule has 1 N–H and O–H groups in total. The zero-order valence-corrected chi connectivity index (χ0v) is 7.53. The predicted molar refractivity (Wildman–Crippen MR) is 49.5 cm³/mol. The van der Waals surface area contributed by atoms with Crippen molar-refractivity contribution in [2.75, 3.05) is 6.54 Å². The summed E-state index contributed by atoms with van der Waals surface area (Å²) in [4.78, 5) is 0. The van der Waals surface area contributed by atoms with Crippen molar-refractivity contribution in [1.29, 1.82) is 0 Å². The summed E-state index contributed by atoms with van der Waals surface area (Å²) in [5.41, 5.74) is 1.48. The lowest BCUT2D eigenvalue weighted by Crippen LogP contribution is -2.12. The molecule has 0 radical (unpaired) electrons. The highest BCUT2D eigenvalue weighted by atomic mass is 14.9. The van der Waals surface area contributed by atoms with Gasteiger partial charge in [0.2, 0.25) is 0 Å². The van der Waals surface area contributed by atoms with Crippen molar-refractivity contribution in [2.45, 2.75) is 45.4 Å². The van der Waals surface area contributed by atoms with Crippen LogP contribution in [0.25, 0.3) is 0 Å². The fraction of sp³-hybridized carbons (Fsp3) is 0.800. The summed E-state index contributed by atoms with van der Waals surface area (Å²) >= 11 is 0. The van der Waals surface area contributed by atoms with Gasteiger partial charge in [0.25, 0.3) is 0 Å². The van der Waals surface area contributed by atoms with Crippen LogP contribution in [0.4, 0.5) is 0 Å². The Kier molecular flexibility index (Phi) is 4.10. The van der Waals surface area contributed by atoms with Crippen molar-refractivity contribution in [3.63, 3.8) is 0 Å². The first-order chi connectivity index (χ1) is 5.43. The molecule has 0 fully saturated rings. The second-order valence-electron chi connectivity index (χ2n) is 3.21. The molecule has 0 atom stereocenters. The molecule has 0 aromatic rings. The van der Waals surface area contributed by atoms with Crippen molar-refractivity contribution in [2.24, 2.45) is 0 Å². The molecule has 1 aliphatic carbocycles. The second kappa shape index (κ2) is 5.22. The first kappa shape index (κ1) is 8.63. The van der Waals surface area contributed by atoms with E-state index >= 15 is 0 Å². The molecule has 0 bridgehead atoms. The summed E-state index contributed by atoms with van der Waals surface area (Å²) in [5, 5.41) is 3.41. The van der Waals surface area contributed by atoms with E-state index in [4.69, 9.17) is 0 Å². The lowest BCUT2D eigenvalue weighted by atomic mass is 10.0. The minimum Gasteiger partial charge on any atom is -0.389 e. The van der Waals surface area contributed by atoms with Crippen molar-refractivity contribution in [3.8, 4) is 0 Å². The normalized spacial score (nSPS) is 24.6. The molecule has 0 saturated heterocycles. The number of hydrogen-bond donors (Lipinski definition) is 1. The summed E-state index contributed by atoms with van der Waals surface area (Å²) in [7, 11) is 0. The largest absolute Gasteiger partial charge is 0.389 e. The average molecular weight is 153 g/mol. The van der Waals surface area contributed by atoms with Crippen LogP contribution in [-0.2, 0) is 0 Å². The van der Waals surface area contributed by atoms with Gasteiger partial charge in [-0.05, 0) is 32.6 Å². The predicted octanol–water partition coefficient (Wildman–Crippen LogP) is 2.83. The van der Waals surface area contributed by atoms with E-state index in [0.717, 1.165) is 6.54 Å². The Balaban J connectivity index is 2.32. The highest BCUT2D eigenvalue weighted by Gasteiger charge is 1.99. The van der Waals surface area contributed by atoms with E-state index in [0.29, 0.717) is 0 Å². The molecule has 0 saturated carbocycles. The number of allylic oxidation sites excluding steroid dienone is 2. The Bertz CT molecular complexity index is 127. The molecule has 0 heterocycles. The molecule has 0 aromatic carbocycles. The fourth-order valence-corrected chi connectivity index (χ4v) is 1.58. The number of hydrogen-bond acceptors (Lipinski definition) is 1. The van der Waals surface area contributed by atoms with Gasteiger partial charge in [-0.2, -0.15) is 0 Å². The smallest absolute Gasteiger partial charge is 0.0115 e. The van der Waals surface area contributed by atoms with E-state index in [1.165, 1.54) is 44.2 Å². The zero-order chi connectivity index (χ0) is 7.94. The maximum atomic E-state index is 3.41. The Labute approximate surface area is 69.9 Å². The minimum atomic E-state index is 1.08. The summed E-state index contributed by atoms with van der Waals surface area (Å²) in [6.07, 6.45) is 10.5. The molecule has 64 valence electrons. The topological polar surface area (TPSA) is 12.0 Å². The Morgan fingerprint density at radius 2 is 2.09 bits per heavy atom. The monoisotopic (exact) mass is 153 g/mol. The van der Waals surface area contributed by atoms with Gasteiger partial charge in [0.05, 0.1) is 0 Å². The minimum absolute atomic E-state index is 1.08. The molecular formula is C10H19N. The van der Waals surface area contributed by atoms with Gasteiger partial charge < -0.3 is 5.32 Å². The summed E-state index contributed by atoms with van der Waals surface area (Å²) < 4.78 is 0. The van der Waals surface area contributed by atoms with Crippen LogP contribution in [0.15, 0.2) is 11.8 Å². The van der Waals surface area contributed by atoms with E-state index in [-0.39, 0.29) is 0 Å². The van der Waals surface area contributed by atoms with E-state index in [1.807, 2.05) is 0 Å².